The number of aryl methyl sites for hydroxylation is 3. The molecule has 1 aliphatic rings. The molecule has 0 amide bonds. The predicted molar refractivity (Wildman–Crippen MR) is 95.2 cm³/mol. The monoisotopic (exact) mass is 350 g/mol. The molecule has 1 unspecified atom stereocenters. The number of benzene rings is 1. The first-order chi connectivity index (χ1) is 12.4. The highest BCUT2D eigenvalue weighted by Crippen LogP contribution is 2.34. The molecule has 2 aromatic heterocycles. The zero-order chi connectivity index (χ0) is 18.4. The van der Waals surface area contributed by atoms with Gasteiger partial charge in [-0.05, 0) is 56.9 Å². The first kappa shape index (κ1) is 16.6. The van der Waals surface area contributed by atoms with Crippen LogP contribution in [0, 0.1) is 26.6 Å². The molecular weight excluding hydrogens is 331 g/mol. The molecule has 0 N–H and O–H groups in total. The van der Waals surface area contributed by atoms with Crippen molar-refractivity contribution in [2.75, 3.05) is 0 Å². The third kappa shape index (κ3) is 2.81. The van der Waals surface area contributed by atoms with Crippen LogP contribution in [0.1, 0.15) is 51.0 Å². The van der Waals surface area contributed by atoms with Crippen molar-refractivity contribution >= 4 is 5.78 Å². The molecule has 1 aliphatic carbocycles. The van der Waals surface area contributed by atoms with E-state index in [0.717, 1.165) is 22.6 Å². The molecule has 5 nitrogen and oxygen atoms in total. The van der Waals surface area contributed by atoms with Crippen LogP contribution >= 0.6 is 0 Å². The van der Waals surface area contributed by atoms with Crippen LogP contribution < -0.4 is 0 Å². The third-order valence-electron chi connectivity index (χ3n) is 4.81. The van der Waals surface area contributed by atoms with Gasteiger partial charge in [0.2, 0.25) is 0 Å². The van der Waals surface area contributed by atoms with Crippen molar-refractivity contribution in [1.82, 2.24) is 19.7 Å². The van der Waals surface area contributed by atoms with Crippen LogP contribution in [-0.2, 0) is 6.42 Å². The molecule has 6 heteroatoms. The Morgan fingerprint density at radius 1 is 1.04 bits per heavy atom. The van der Waals surface area contributed by atoms with Crippen LogP contribution in [0.5, 0.6) is 0 Å². The van der Waals surface area contributed by atoms with E-state index >= 15 is 0 Å². The van der Waals surface area contributed by atoms with Crippen molar-refractivity contribution in [2.24, 2.45) is 0 Å². The summed E-state index contributed by atoms with van der Waals surface area (Å²) in [6.45, 7) is 5.66. The maximum Gasteiger partial charge on any atom is 0.251 e. The second kappa shape index (κ2) is 6.12. The van der Waals surface area contributed by atoms with E-state index in [0.29, 0.717) is 30.0 Å². The van der Waals surface area contributed by atoms with Gasteiger partial charge in [-0.2, -0.15) is 5.10 Å². The summed E-state index contributed by atoms with van der Waals surface area (Å²) < 4.78 is 14.9. The molecule has 0 bridgehead atoms. The molecule has 3 aromatic rings. The number of carbonyl (C=O) groups excluding carboxylic acids is 1. The van der Waals surface area contributed by atoms with Gasteiger partial charge in [0.1, 0.15) is 5.82 Å². The van der Waals surface area contributed by atoms with Gasteiger partial charge in [0.05, 0.1) is 17.0 Å². The molecule has 0 fully saturated rings. The van der Waals surface area contributed by atoms with Crippen LogP contribution in [0.15, 0.2) is 30.3 Å². The molecule has 4 rings (SSSR count). The molecule has 1 atom stereocenters. The summed E-state index contributed by atoms with van der Waals surface area (Å²) in [5.74, 6) is 0.269. The summed E-state index contributed by atoms with van der Waals surface area (Å²) in [7, 11) is 0. The minimum Gasteiger partial charge on any atom is -0.294 e. The second-order valence-electron chi connectivity index (χ2n) is 6.85. The predicted octanol–water partition coefficient (Wildman–Crippen LogP) is 3.64. The first-order valence-electron chi connectivity index (χ1n) is 8.62. The number of nitrogens with zero attached hydrogens (tertiary/aromatic N) is 4. The molecule has 26 heavy (non-hydrogen) atoms. The third-order valence-corrected chi connectivity index (χ3v) is 4.81. The fourth-order valence-corrected chi connectivity index (χ4v) is 3.70. The van der Waals surface area contributed by atoms with Gasteiger partial charge in [-0.3, -0.25) is 4.79 Å². The van der Waals surface area contributed by atoms with Crippen molar-refractivity contribution in [3.63, 3.8) is 0 Å². The number of aromatic nitrogens is 4. The summed E-state index contributed by atoms with van der Waals surface area (Å²) in [5.41, 5.74) is 4.87. The maximum atomic E-state index is 13.2. The van der Waals surface area contributed by atoms with E-state index in [1.165, 1.54) is 12.1 Å². The molecule has 2 heterocycles. The largest absolute Gasteiger partial charge is 0.294 e. The molecule has 0 aliphatic heterocycles. The molecule has 0 saturated carbocycles. The minimum absolute atomic E-state index is 0.00337. The van der Waals surface area contributed by atoms with Gasteiger partial charge in [-0.25, -0.2) is 19.0 Å². The van der Waals surface area contributed by atoms with Crippen LogP contribution in [-0.4, -0.2) is 25.5 Å². The van der Waals surface area contributed by atoms with Crippen molar-refractivity contribution in [1.29, 1.82) is 0 Å². The van der Waals surface area contributed by atoms with Gasteiger partial charge in [0, 0.05) is 17.8 Å². The number of Topliss-reactive ketones (excluding diaryl/α,β-unsaturated/α-hetero) is 1. The Kier molecular flexibility index (Phi) is 3.90. The lowest BCUT2D eigenvalue weighted by molar-refractivity contribution is 0.0963. The van der Waals surface area contributed by atoms with E-state index in [1.54, 1.807) is 16.8 Å². The van der Waals surface area contributed by atoms with E-state index in [2.05, 4.69) is 15.1 Å². The highest BCUT2D eigenvalue weighted by atomic mass is 19.1. The van der Waals surface area contributed by atoms with E-state index in [9.17, 15) is 9.18 Å². The molecule has 132 valence electrons. The summed E-state index contributed by atoms with van der Waals surface area (Å²) in [5, 5.41) is 4.55. The summed E-state index contributed by atoms with van der Waals surface area (Å²) >= 11 is 0. The highest BCUT2D eigenvalue weighted by Gasteiger charge is 2.32. The molecule has 0 spiro atoms. The SMILES string of the molecule is Cc1cc(C)nc(-n2nc(C)c3c2CC(c2ccc(F)cc2)CC3=O)n1. The summed E-state index contributed by atoms with van der Waals surface area (Å²) in [6.07, 6.45) is 1.04. The summed E-state index contributed by atoms with van der Waals surface area (Å²) in [4.78, 5) is 21.7. The Labute approximate surface area is 150 Å². The fourth-order valence-electron chi connectivity index (χ4n) is 3.70. The quantitative estimate of drug-likeness (QED) is 0.708. The van der Waals surface area contributed by atoms with Crippen LogP contribution in [0.2, 0.25) is 0 Å². The highest BCUT2D eigenvalue weighted by molar-refractivity contribution is 6.00. The smallest absolute Gasteiger partial charge is 0.251 e. The average Bonchev–Trinajstić information content (AvgIpc) is 2.92. The molecular formula is C20H19FN4O. The molecule has 1 aromatic carbocycles. The normalized spacial score (nSPS) is 16.6. The lowest BCUT2D eigenvalue weighted by Gasteiger charge is -2.23. The van der Waals surface area contributed by atoms with E-state index in [1.807, 2.05) is 26.8 Å². The van der Waals surface area contributed by atoms with Gasteiger partial charge in [-0.1, -0.05) is 12.1 Å². The number of halogens is 1. The lowest BCUT2D eigenvalue weighted by atomic mass is 9.81. The van der Waals surface area contributed by atoms with Crippen molar-refractivity contribution in [2.45, 2.75) is 39.5 Å². The Morgan fingerprint density at radius 2 is 1.69 bits per heavy atom. The Hall–Kier alpha value is -2.89. The Bertz CT molecular complexity index is 987. The van der Waals surface area contributed by atoms with Crippen LogP contribution in [0.3, 0.4) is 0 Å². The summed E-state index contributed by atoms with van der Waals surface area (Å²) in [6, 6.07) is 8.27. The topological polar surface area (TPSA) is 60.7 Å². The zero-order valence-electron chi connectivity index (χ0n) is 15.0. The standard InChI is InChI=1S/C20H19FN4O/c1-11-8-12(2)23-20(22-11)25-17-9-15(14-4-6-16(21)7-5-14)10-18(26)19(17)13(3)24-25/h4-8,15H,9-10H2,1-3H3. The van der Waals surface area contributed by atoms with Gasteiger partial charge in [-0.15, -0.1) is 0 Å². The van der Waals surface area contributed by atoms with Crippen molar-refractivity contribution in [3.8, 4) is 5.95 Å². The van der Waals surface area contributed by atoms with Gasteiger partial charge in [0.25, 0.3) is 5.95 Å². The van der Waals surface area contributed by atoms with E-state index < -0.39 is 0 Å². The Morgan fingerprint density at radius 3 is 2.35 bits per heavy atom. The van der Waals surface area contributed by atoms with Crippen LogP contribution in [0.4, 0.5) is 4.39 Å². The number of ketones is 1. The second-order valence-corrected chi connectivity index (χ2v) is 6.85. The maximum absolute atomic E-state index is 13.2. The van der Waals surface area contributed by atoms with Crippen molar-refractivity contribution < 1.29 is 9.18 Å². The van der Waals surface area contributed by atoms with Crippen LogP contribution in [0.25, 0.3) is 5.95 Å². The number of fused-ring (bicyclic) bond motifs is 1. The van der Waals surface area contributed by atoms with E-state index in [4.69, 9.17) is 0 Å². The van der Waals surface area contributed by atoms with Gasteiger partial charge in [0.15, 0.2) is 5.78 Å². The van der Waals surface area contributed by atoms with Gasteiger partial charge < -0.3 is 0 Å². The minimum atomic E-state index is -0.277. The average molecular weight is 350 g/mol. The van der Waals surface area contributed by atoms with E-state index in [-0.39, 0.29) is 17.5 Å². The number of rotatable bonds is 2. The first-order valence-corrected chi connectivity index (χ1v) is 8.62. The lowest BCUT2D eigenvalue weighted by Crippen LogP contribution is -2.21. The zero-order valence-corrected chi connectivity index (χ0v) is 15.0. The van der Waals surface area contributed by atoms with Crippen molar-refractivity contribution in [3.05, 3.63) is 70.1 Å². The fraction of sp³-hybridized carbons (Fsp3) is 0.300. The van der Waals surface area contributed by atoms with Gasteiger partial charge >= 0.3 is 0 Å². The molecule has 0 saturated heterocycles. The number of hydrogen-bond acceptors (Lipinski definition) is 4. The Balaban J connectivity index is 1.81. The molecule has 0 radical (unpaired) electrons. The number of hydrogen-bond donors (Lipinski definition) is 0. The number of carbonyl (C=O) groups is 1.